The first-order valence-corrected chi connectivity index (χ1v) is 16.5. The van der Waals surface area contributed by atoms with Crippen molar-refractivity contribution in [1.82, 2.24) is 24.6 Å². The molecule has 0 aliphatic carbocycles. The summed E-state index contributed by atoms with van der Waals surface area (Å²) < 4.78 is 30.1. The number of carboxylic acid groups (broad SMARTS) is 1. The number of benzene rings is 2. The van der Waals surface area contributed by atoms with E-state index in [9.17, 15) is 18.0 Å². The molecular formula is C33H37ClN6O5S. The highest BCUT2D eigenvalue weighted by Crippen LogP contribution is 2.37. The molecule has 1 amide bonds. The van der Waals surface area contributed by atoms with Gasteiger partial charge in [-0.15, -0.1) is 0 Å². The van der Waals surface area contributed by atoms with Gasteiger partial charge in [-0.3, -0.25) is 9.78 Å². The number of hydrogen-bond donors (Lipinski definition) is 3. The Kier molecular flexibility index (Phi) is 11.1. The van der Waals surface area contributed by atoms with E-state index in [2.05, 4.69) is 25.6 Å². The number of aromatic nitrogens is 3. The minimum Gasteiger partial charge on any atom is -0.478 e. The van der Waals surface area contributed by atoms with Gasteiger partial charge in [0.05, 0.1) is 16.0 Å². The number of carbonyl (C=O) groups excluding carboxylic acids is 1. The van der Waals surface area contributed by atoms with Gasteiger partial charge in [-0.1, -0.05) is 35.9 Å². The van der Waals surface area contributed by atoms with Crippen molar-refractivity contribution in [3.05, 3.63) is 101 Å². The van der Waals surface area contributed by atoms with Crippen LogP contribution in [0.2, 0.25) is 5.02 Å². The van der Waals surface area contributed by atoms with E-state index >= 15 is 0 Å². The van der Waals surface area contributed by atoms with Crippen molar-refractivity contribution in [2.24, 2.45) is 0 Å². The van der Waals surface area contributed by atoms with Gasteiger partial charge in [-0.2, -0.15) is 4.31 Å². The SMILES string of the molecule is Cc1cnccc1-c1cccc(C(C)(C)N(CCCC(=O)NCCNc2ncc(C(=O)O)cn2)S(=O)(=O)c2cccc(Cl)c2C)c1. The lowest BCUT2D eigenvalue weighted by Crippen LogP contribution is -2.46. The molecule has 0 radical (unpaired) electrons. The minimum atomic E-state index is -4.06. The first kappa shape index (κ1) is 34.5. The number of nitrogens with one attached hydrogen (secondary N) is 2. The van der Waals surface area contributed by atoms with Crippen LogP contribution in [-0.2, 0) is 20.4 Å². The molecule has 0 saturated carbocycles. The molecule has 13 heteroatoms. The third-order valence-corrected chi connectivity index (χ3v) is 10.3. The first-order chi connectivity index (χ1) is 21.8. The molecular weight excluding hydrogens is 628 g/mol. The number of aromatic carboxylic acids is 1. The lowest BCUT2D eigenvalue weighted by molar-refractivity contribution is -0.121. The summed E-state index contributed by atoms with van der Waals surface area (Å²) in [4.78, 5) is 35.8. The third-order valence-electron chi connectivity index (χ3n) is 7.70. The van der Waals surface area contributed by atoms with Gasteiger partial charge in [0.1, 0.15) is 0 Å². The van der Waals surface area contributed by atoms with E-state index in [1.807, 2.05) is 51.1 Å². The van der Waals surface area contributed by atoms with Crippen molar-refractivity contribution in [2.45, 2.75) is 51.0 Å². The maximum Gasteiger partial charge on any atom is 0.338 e. The van der Waals surface area contributed by atoms with Crippen LogP contribution in [0, 0.1) is 13.8 Å². The van der Waals surface area contributed by atoms with E-state index in [-0.39, 0.29) is 48.2 Å². The maximum atomic E-state index is 14.3. The largest absolute Gasteiger partial charge is 0.478 e. The van der Waals surface area contributed by atoms with Gasteiger partial charge in [0, 0.05) is 55.9 Å². The van der Waals surface area contributed by atoms with Crippen molar-refractivity contribution in [2.75, 3.05) is 25.0 Å². The highest BCUT2D eigenvalue weighted by Gasteiger charge is 2.39. The molecule has 0 spiro atoms. The number of rotatable bonds is 14. The van der Waals surface area contributed by atoms with Crippen molar-refractivity contribution in [3.8, 4) is 11.1 Å². The smallest absolute Gasteiger partial charge is 0.338 e. The number of hydrogen-bond acceptors (Lipinski definition) is 8. The number of anilines is 1. The summed E-state index contributed by atoms with van der Waals surface area (Å²) >= 11 is 6.35. The van der Waals surface area contributed by atoms with Gasteiger partial charge < -0.3 is 15.7 Å². The van der Waals surface area contributed by atoms with E-state index in [4.69, 9.17) is 16.7 Å². The highest BCUT2D eigenvalue weighted by atomic mass is 35.5. The Hall–Kier alpha value is -4.39. The third kappa shape index (κ3) is 8.06. The normalized spacial score (nSPS) is 11.8. The predicted molar refractivity (Wildman–Crippen MR) is 177 cm³/mol. The second-order valence-corrected chi connectivity index (χ2v) is 13.5. The number of nitrogens with zero attached hydrogens (tertiary/aromatic N) is 4. The molecule has 4 rings (SSSR count). The van der Waals surface area contributed by atoms with Crippen LogP contribution >= 0.6 is 11.6 Å². The summed E-state index contributed by atoms with van der Waals surface area (Å²) in [7, 11) is -4.06. The Bertz CT molecular complexity index is 1820. The molecule has 242 valence electrons. The second-order valence-electron chi connectivity index (χ2n) is 11.3. The standard InChI is InChI=1S/C33H37ClN6O5S/c1-22-19-35-14-13-27(22)24-8-5-9-26(18-24)33(3,4)40(46(44,45)29-11-6-10-28(34)23(29)2)17-7-12-30(41)36-15-16-37-32-38-20-25(21-39-32)31(42)43/h5-6,8-11,13-14,18-21H,7,12,15-17H2,1-4H3,(H,36,41)(H,42,43)(H,37,38,39). The summed E-state index contributed by atoms with van der Waals surface area (Å²) in [6.45, 7) is 8.04. The molecule has 2 aromatic carbocycles. The van der Waals surface area contributed by atoms with Gasteiger partial charge in [-0.05, 0) is 86.2 Å². The maximum absolute atomic E-state index is 14.3. The Morgan fingerprint density at radius 3 is 2.41 bits per heavy atom. The van der Waals surface area contributed by atoms with Gasteiger partial charge in [0.2, 0.25) is 21.9 Å². The molecule has 3 N–H and O–H groups in total. The van der Waals surface area contributed by atoms with Gasteiger partial charge >= 0.3 is 5.97 Å². The van der Waals surface area contributed by atoms with Crippen molar-refractivity contribution >= 4 is 39.4 Å². The molecule has 2 aromatic heterocycles. The van der Waals surface area contributed by atoms with Crippen LogP contribution < -0.4 is 10.6 Å². The number of sulfonamides is 1. The molecule has 0 bridgehead atoms. The van der Waals surface area contributed by atoms with Crippen LogP contribution in [0.15, 0.2) is 78.2 Å². The molecule has 4 aromatic rings. The van der Waals surface area contributed by atoms with Crippen LogP contribution in [-0.4, -0.2) is 64.3 Å². The summed E-state index contributed by atoms with van der Waals surface area (Å²) in [6, 6.07) is 14.6. The van der Waals surface area contributed by atoms with Crippen LogP contribution in [0.4, 0.5) is 5.95 Å². The van der Waals surface area contributed by atoms with E-state index in [1.54, 1.807) is 37.5 Å². The molecule has 0 fully saturated rings. The van der Waals surface area contributed by atoms with Gasteiger partial charge in [0.25, 0.3) is 0 Å². The van der Waals surface area contributed by atoms with Crippen LogP contribution in [0.3, 0.4) is 0 Å². The Labute approximate surface area is 274 Å². The molecule has 2 heterocycles. The van der Waals surface area contributed by atoms with Gasteiger partial charge in [-0.25, -0.2) is 23.2 Å². The van der Waals surface area contributed by atoms with E-state index < -0.39 is 21.5 Å². The second kappa shape index (κ2) is 14.8. The quantitative estimate of drug-likeness (QED) is 0.149. The van der Waals surface area contributed by atoms with E-state index in [1.165, 1.54) is 16.7 Å². The summed E-state index contributed by atoms with van der Waals surface area (Å²) in [5.74, 6) is -1.13. The number of pyridine rings is 1. The molecule has 0 saturated heterocycles. The summed E-state index contributed by atoms with van der Waals surface area (Å²) in [6.07, 6.45) is 6.27. The van der Waals surface area contributed by atoms with E-state index in [0.717, 1.165) is 22.3 Å². The first-order valence-electron chi connectivity index (χ1n) is 14.7. The Morgan fingerprint density at radius 2 is 1.72 bits per heavy atom. The topological polar surface area (TPSA) is 154 Å². The predicted octanol–water partition coefficient (Wildman–Crippen LogP) is 5.44. The zero-order valence-electron chi connectivity index (χ0n) is 26.1. The number of amides is 1. The number of halogens is 1. The zero-order chi connectivity index (χ0) is 33.5. The molecule has 0 unspecified atom stereocenters. The Balaban J connectivity index is 1.50. The Morgan fingerprint density at radius 1 is 1.00 bits per heavy atom. The number of aryl methyl sites for hydroxylation is 1. The average Bonchev–Trinajstić information content (AvgIpc) is 3.03. The average molecular weight is 665 g/mol. The van der Waals surface area contributed by atoms with Crippen molar-refractivity contribution < 1.29 is 23.1 Å². The van der Waals surface area contributed by atoms with Crippen molar-refractivity contribution in [1.29, 1.82) is 0 Å². The summed E-state index contributed by atoms with van der Waals surface area (Å²) in [5.41, 5.74) is 3.17. The molecule has 0 atom stereocenters. The molecule has 0 aliphatic rings. The minimum absolute atomic E-state index is 0.0276. The van der Waals surface area contributed by atoms with Crippen LogP contribution in [0.25, 0.3) is 11.1 Å². The van der Waals surface area contributed by atoms with Crippen molar-refractivity contribution in [3.63, 3.8) is 0 Å². The zero-order valence-corrected chi connectivity index (χ0v) is 27.7. The molecule has 11 nitrogen and oxygen atoms in total. The fraction of sp³-hybridized carbons (Fsp3) is 0.303. The highest BCUT2D eigenvalue weighted by molar-refractivity contribution is 7.89. The number of carbonyl (C=O) groups is 2. The van der Waals surface area contributed by atoms with E-state index in [0.29, 0.717) is 17.1 Å². The van der Waals surface area contributed by atoms with Gasteiger partial charge in [0.15, 0.2) is 0 Å². The monoisotopic (exact) mass is 664 g/mol. The number of carboxylic acids is 1. The summed E-state index contributed by atoms with van der Waals surface area (Å²) in [5, 5.41) is 15.0. The lowest BCUT2D eigenvalue weighted by Gasteiger charge is -2.38. The van der Waals surface area contributed by atoms with Crippen LogP contribution in [0.1, 0.15) is 53.7 Å². The molecule has 0 aliphatic heterocycles. The fourth-order valence-corrected chi connectivity index (χ4v) is 7.36. The molecule has 46 heavy (non-hydrogen) atoms. The van der Waals surface area contributed by atoms with Crippen LogP contribution in [0.5, 0.6) is 0 Å². The lowest BCUT2D eigenvalue weighted by atomic mass is 9.90. The fourth-order valence-electron chi connectivity index (χ4n) is 5.07.